The molecule has 0 unspecified atom stereocenters. The Hall–Kier alpha value is -11.7. The maximum atomic E-state index is 13.9. The number of pyridine rings is 8. The van der Waals surface area contributed by atoms with Gasteiger partial charge in [0.15, 0.2) is 16.9 Å². The normalized spacial score (nSPS) is 14.1. The lowest BCUT2D eigenvalue weighted by Gasteiger charge is -2.29. The summed E-state index contributed by atoms with van der Waals surface area (Å²) in [6, 6.07) is 48.7. The number of nitrogens with one attached hydrogen (secondary N) is 1. The molecule has 706 valence electrons. The highest BCUT2D eigenvalue weighted by atomic mass is 127. The number of aromatic nitrogens is 12. The number of rotatable bonds is 17. The molecule has 0 saturated carbocycles. The Morgan fingerprint density at radius 1 is 0.355 bits per heavy atom. The zero-order valence-corrected chi connectivity index (χ0v) is 83.2. The molecule has 0 radical (unpaired) electrons. The molecule has 41 heteroatoms. The predicted octanol–water partition coefficient (Wildman–Crippen LogP) is 15.4. The van der Waals surface area contributed by atoms with Crippen LogP contribution in [-0.2, 0) is 49.0 Å². The van der Waals surface area contributed by atoms with Gasteiger partial charge in [-0.3, -0.25) is 0 Å². The molecule has 5 N–H and O–H groups in total. The van der Waals surface area contributed by atoms with Crippen LogP contribution in [0, 0.1) is 24.3 Å². The summed E-state index contributed by atoms with van der Waals surface area (Å²) in [7, 11) is -14.2. The monoisotopic (exact) mass is 2110 g/mol. The third kappa shape index (κ3) is 21.5. The van der Waals surface area contributed by atoms with Gasteiger partial charge in [-0.1, -0.05) is 88.4 Å². The molecule has 138 heavy (non-hydrogen) atoms. The predicted molar refractivity (Wildman–Crippen MR) is 556 cm³/mol. The maximum Gasteiger partial charge on any atom is 0.492 e. The van der Waals surface area contributed by atoms with Gasteiger partial charge in [0.25, 0.3) is 30.1 Å². The number of hydrogen-bond acceptors (Lipinski definition) is 29. The largest absolute Gasteiger partial charge is 0.492 e. The van der Waals surface area contributed by atoms with E-state index < -0.39 is 44.3 Å². The molecule has 3 aromatic carbocycles. The third-order valence-corrected chi connectivity index (χ3v) is 31.7. The molecule has 0 bridgehead atoms. The molecule has 4 aliphatic heterocycles. The molecule has 0 spiro atoms. The molecular formula is C97H91B2Cl2IN16O14S6. The molecule has 19 heterocycles. The summed E-state index contributed by atoms with van der Waals surface area (Å²) in [4.78, 5) is 48.5. The summed E-state index contributed by atoms with van der Waals surface area (Å²) in [6.07, 6.45) is 20.5. The molecule has 22 rings (SSSR count). The number of fused-ring (bicyclic) bond motifs is 4. The van der Waals surface area contributed by atoms with Crippen LogP contribution in [0.4, 0.5) is 23.3 Å². The third-order valence-electron chi connectivity index (χ3n) is 23.2. The number of ether oxygens (including phenoxy) is 4. The first-order valence-corrected chi connectivity index (χ1v) is 52.7. The minimum Gasteiger partial charge on any atom is -0.423 e. The Morgan fingerprint density at radius 2 is 0.710 bits per heavy atom. The van der Waals surface area contributed by atoms with Crippen molar-refractivity contribution >= 4 is 202 Å². The summed E-state index contributed by atoms with van der Waals surface area (Å²) in [5, 5.41) is 51.3. The zero-order valence-electron chi connectivity index (χ0n) is 74.6. The molecule has 4 saturated heterocycles. The Kier molecular flexibility index (Phi) is 31.4. The van der Waals surface area contributed by atoms with E-state index in [1.165, 1.54) is 46.8 Å². The van der Waals surface area contributed by atoms with Gasteiger partial charge >= 0.3 is 14.2 Å². The van der Waals surface area contributed by atoms with Gasteiger partial charge in [0.05, 0.1) is 83.0 Å². The SMILES string of the molecule is Cc1ccc(S(=O)(=O)n2cc(-c3cccnc3N3CCOCC3)c3c(-c4ccsc4)ccnc32)cc1.Cc1ccc(S(=O)(=O)n2cc(-c3cccnc3N3CCOCC3)c3c(Cl)ccnc32)cc1.Cc1ccc(S(=O)(=O)n2cc(I)c3c(Cl)ccnc32)cc1.OB(O)c1cccnc1N1CCOCC1.OB(O)c1ccsc1.c1cnc(N2CCOCC2)c(-c2c[nH]c3nccc(-c4ccsc4)c23)c1. The lowest BCUT2D eigenvalue weighted by Crippen LogP contribution is -2.43. The minimum absolute atomic E-state index is 0.188. The number of morpholine rings is 4. The van der Waals surface area contributed by atoms with E-state index in [0.29, 0.717) is 107 Å². The van der Waals surface area contributed by atoms with Gasteiger partial charge in [-0.05, 0) is 219 Å². The summed E-state index contributed by atoms with van der Waals surface area (Å²) in [5.74, 6) is 3.22. The average Bonchev–Trinajstić information content (AvgIpc) is 1.58. The van der Waals surface area contributed by atoms with Gasteiger partial charge in [-0.25, -0.2) is 77.0 Å². The fourth-order valence-corrected chi connectivity index (χ4v) is 23.8. The van der Waals surface area contributed by atoms with Crippen LogP contribution in [0.15, 0.2) is 285 Å². The van der Waals surface area contributed by atoms with Gasteiger partial charge in [0, 0.05) is 185 Å². The van der Waals surface area contributed by atoms with Crippen molar-refractivity contribution in [2.75, 3.05) is 125 Å². The van der Waals surface area contributed by atoms with E-state index in [2.05, 4.69) is 113 Å². The molecular weight excluding hydrogens is 2030 g/mol. The number of thiophene rings is 3. The van der Waals surface area contributed by atoms with Gasteiger partial charge in [-0.2, -0.15) is 34.0 Å². The molecule has 4 fully saturated rings. The standard InChI is InChI=1S/C27H24N4O3S2.C23H21ClN4O3S.C20H18N4OS.C14H10ClIN2O2S.C9H13BN2O3.C4H5BO2S/c1-19-4-6-21(7-5-19)36(32,33)31-17-24(23-3-2-10-28-26(23)30-12-14-34-15-13-30)25-22(8-11-29-27(25)31)20-9-16-35-18-20;1-16-4-6-17(7-5-16)32(29,30)28-15-19(21-20(24)8-10-26-23(21)28)18-3-2-9-25-22(18)27-11-13-31-14-12-27;1-2-16(20(22-5-1)24-7-9-25-10-8-24)17-12-23-19-18(17)15(3-6-21-19)14-4-11-26-13-14;1-9-2-4-10(5-3-9)21(19,20)18-8-12(16)13-11(15)6-7-17-14(13)18;13-10(14)8-2-1-3-11-9(8)12-4-6-15-7-5-12;6-5(7)4-1-2-8-3-4/h2-11,16-18H,12-15H2,1H3;2-10,15H,11-14H2,1H3;1-6,11-13H,7-10H2,(H,21,23);2-8H,1H3;1-3,13-14H,4-7H2;1-3,6-7H. The first kappa shape index (κ1) is 97.9. The number of nitrogens with zero attached hydrogens (tertiary/aromatic N) is 15. The Morgan fingerprint density at radius 3 is 1.12 bits per heavy atom. The van der Waals surface area contributed by atoms with E-state index in [1.54, 1.807) is 180 Å². The van der Waals surface area contributed by atoms with Gasteiger partial charge in [0.1, 0.15) is 28.9 Å². The van der Waals surface area contributed by atoms with E-state index in [4.69, 9.17) is 62.2 Å². The fourth-order valence-electron chi connectivity index (χ4n) is 16.2. The van der Waals surface area contributed by atoms with Crippen LogP contribution in [-0.4, -0.2) is 222 Å². The lowest BCUT2D eigenvalue weighted by molar-refractivity contribution is 0.122. The highest BCUT2D eigenvalue weighted by Crippen LogP contribution is 2.45. The van der Waals surface area contributed by atoms with Crippen molar-refractivity contribution in [3.05, 3.63) is 301 Å². The van der Waals surface area contributed by atoms with Gasteiger partial charge < -0.3 is 63.6 Å². The maximum absolute atomic E-state index is 13.9. The quantitative estimate of drug-likeness (QED) is 0.0417. The highest BCUT2D eigenvalue weighted by Gasteiger charge is 2.32. The second-order valence-corrected chi connectivity index (χ2v) is 41.8. The van der Waals surface area contributed by atoms with E-state index in [0.717, 1.165) is 146 Å². The van der Waals surface area contributed by atoms with Crippen LogP contribution in [0.1, 0.15) is 16.7 Å². The summed E-state index contributed by atoms with van der Waals surface area (Å²) in [6.45, 7) is 17.1. The zero-order chi connectivity index (χ0) is 96.2. The van der Waals surface area contributed by atoms with Crippen molar-refractivity contribution < 1.29 is 64.3 Å². The number of H-pyrrole nitrogens is 1. The van der Waals surface area contributed by atoms with Crippen LogP contribution in [0.3, 0.4) is 0 Å². The molecule has 18 aromatic rings. The molecule has 15 aromatic heterocycles. The summed E-state index contributed by atoms with van der Waals surface area (Å²) < 4.78 is 107. The van der Waals surface area contributed by atoms with E-state index in [1.807, 2.05) is 85.9 Å². The number of hydrogen-bond donors (Lipinski definition) is 5. The highest BCUT2D eigenvalue weighted by molar-refractivity contribution is 14.1. The molecule has 0 atom stereocenters. The second-order valence-electron chi connectivity index (χ2n) is 32.0. The number of benzene rings is 3. The molecule has 0 amide bonds. The van der Waals surface area contributed by atoms with E-state index in [-0.39, 0.29) is 20.3 Å². The second kappa shape index (κ2) is 44.2. The smallest absolute Gasteiger partial charge is 0.423 e. The Balaban J connectivity index is 0.000000120. The van der Waals surface area contributed by atoms with Crippen molar-refractivity contribution in [2.45, 2.75) is 35.5 Å². The number of aromatic amines is 1. The molecule has 4 aliphatic rings. The van der Waals surface area contributed by atoms with Crippen molar-refractivity contribution in [3.63, 3.8) is 0 Å². The van der Waals surface area contributed by atoms with Crippen LogP contribution in [0.25, 0.3) is 99.8 Å². The minimum atomic E-state index is -3.89. The fraction of sp³-hybridized carbons (Fsp3) is 0.196. The first-order chi connectivity index (χ1) is 66.9. The van der Waals surface area contributed by atoms with Gasteiger partial charge in [0.2, 0.25) is 0 Å². The topological polar surface area (TPSA) is 367 Å². The Bertz CT molecular complexity index is 7630. The van der Waals surface area contributed by atoms with Crippen molar-refractivity contribution in [3.8, 4) is 55.6 Å². The lowest BCUT2D eigenvalue weighted by atomic mass is 9.80. The number of aryl methyl sites for hydroxylation is 3. The Labute approximate surface area is 833 Å². The summed E-state index contributed by atoms with van der Waals surface area (Å²) in [5.41, 5.74) is 15.7. The molecule has 0 aliphatic carbocycles. The van der Waals surface area contributed by atoms with Crippen LogP contribution >= 0.6 is 79.8 Å². The number of anilines is 4. The van der Waals surface area contributed by atoms with Crippen molar-refractivity contribution in [1.29, 1.82) is 0 Å². The molecule has 30 nitrogen and oxygen atoms in total. The number of halogens is 3. The van der Waals surface area contributed by atoms with Crippen molar-refractivity contribution in [2.24, 2.45) is 0 Å². The van der Waals surface area contributed by atoms with Crippen molar-refractivity contribution in [1.82, 2.24) is 56.8 Å². The van der Waals surface area contributed by atoms with Crippen LogP contribution in [0.2, 0.25) is 10.0 Å². The van der Waals surface area contributed by atoms with E-state index >= 15 is 0 Å². The first-order valence-electron chi connectivity index (χ1n) is 43.7. The average molecular weight is 2120 g/mol. The van der Waals surface area contributed by atoms with Crippen LogP contribution < -0.4 is 30.5 Å². The summed E-state index contributed by atoms with van der Waals surface area (Å²) >= 11 is 19.5. The van der Waals surface area contributed by atoms with Crippen LogP contribution in [0.5, 0.6) is 0 Å². The van der Waals surface area contributed by atoms with Gasteiger partial charge in [-0.15, -0.1) is 0 Å². The van der Waals surface area contributed by atoms with E-state index in [9.17, 15) is 35.3 Å².